The van der Waals surface area contributed by atoms with Crippen molar-refractivity contribution in [2.24, 2.45) is 0 Å². The van der Waals surface area contributed by atoms with Crippen LogP contribution in [0.5, 0.6) is 0 Å². The lowest BCUT2D eigenvalue weighted by Gasteiger charge is -2.10. The summed E-state index contributed by atoms with van der Waals surface area (Å²) in [5, 5.41) is 3.99. The van der Waals surface area contributed by atoms with Crippen molar-refractivity contribution in [1.29, 1.82) is 0 Å². The number of esters is 1. The minimum Gasteiger partial charge on any atom is -0.456 e. The average molecular weight is 388 g/mol. The van der Waals surface area contributed by atoms with Crippen molar-refractivity contribution in [2.45, 2.75) is 19.3 Å². The predicted molar refractivity (Wildman–Crippen MR) is 94.6 cm³/mol. The predicted octanol–water partition coefficient (Wildman–Crippen LogP) is 3.67. The summed E-state index contributed by atoms with van der Waals surface area (Å²) in [7, 11) is 0. The molecule has 3 aromatic rings. The second kappa shape index (κ2) is 8.08. The largest absolute Gasteiger partial charge is 0.456 e. The normalized spacial score (nSPS) is 11.2. The summed E-state index contributed by atoms with van der Waals surface area (Å²) < 4.78 is 44.4. The van der Waals surface area contributed by atoms with E-state index in [-0.39, 0.29) is 24.4 Å². The smallest absolute Gasteiger partial charge is 0.416 e. The summed E-state index contributed by atoms with van der Waals surface area (Å²) in [5.74, 6) is -0.834. The molecule has 0 bridgehead atoms. The van der Waals surface area contributed by atoms with Crippen molar-refractivity contribution >= 4 is 5.97 Å². The molecule has 0 aliphatic heterocycles. The van der Waals surface area contributed by atoms with E-state index in [0.717, 1.165) is 22.4 Å². The minimum atomic E-state index is -4.48. The first-order valence-corrected chi connectivity index (χ1v) is 8.28. The molecule has 5 nitrogen and oxygen atoms in total. The van der Waals surface area contributed by atoms with Crippen molar-refractivity contribution in [3.05, 3.63) is 99.5 Å². The Morgan fingerprint density at radius 1 is 0.964 bits per heavy atom. The molecule has 0 unspecified atom stereocenters. The third kappa shape index (κ3) is 4.85. The van der Waals surface area contributed by atoms with E-state index in [9.17, 15) is 22.8 Å². The molecule has 0 aliphatic carbocycles. The van der Waals surface area contributed by atoms with Crippen LogP contribution in [0.2, 0.25) is 0 Å². The zero-order chi connectivity index (χ0) is 20.1. The van der Waals surface area contributed by atoms with E-state index in [1.807, 2.05) is 30.3 Å². The molecule has 28 heavy (non-hydrogen) atoms. The number of aromatic nitrogens is 2. The number of carbonyl (C=O) groups excluding carboxylic acids is 1. The first-order valence-electron chi connectivity index (χ1n) is 8.28. The molecule has 0 radical (unpaired) electrons. The van der Waals surface area contributed by atoms with Crippen LogP contribution in [0.25, 0.3) is 0 Å². The minimum absolute atomic E-state index is 0.109. The number of alkyl halides is 3. The molecule has 0 amide bonds. The van der Waals surface area contributed by atoms with E-state index in [1.165, 1.54) is 24.3 Å². The van der Waals surface area contributed by atoms with Crippen LogP contribution in [-0.2, 0) is 24.1 Å². The van der Waals surface area contributed by atoms with Crippen molar-refractivity contribution in [1.82, 2.24) is 9.78 Å². The number of halogens is 3. The SMILES string of the molecule is O=C(OCc1cccc(C(F)(F)F)c1)c1ccc(=O)n(Cc2ccccc2)n1. The van der Waals surface area contributed by atoms with Gasteiger partial charge in [0.15, 0.2) is 5.69 Å². The number of benzene rings is 2. The van der Waals surface area contributed by atoms with Gasteiger partial charge in [-0.25, -0.2) is 9.48 Å². The van der Waals surface area contributed by atoms with E-state index < -0.39 is 23.3 Å². The van der Waals surface area contributed by atoms with Crippen LogP contribution in [-0.4, -0.2) is 15.7 Å². The molecule has 3 rings (SSSR count). The van der Waals surface area contributed by atoms with E-state index in [4.69, 9.17) is 4.74 Å². The van der Waals surface area contributed by atoms with Crippen LogP contribution in [0, 0.1) is 0 Å². The molecule has 0 N–H and O–H groups in total. The van der Waals surface area contributed by atoms with Gasteiger partial charge in [0.05, 0.1) is 12.1 Å². The summed E-state index contributed by atoms with van der Waals surface area (Å²) in [4.78, 5) is 24.1. The summed E-state index contributed by atoms with van der Waals surface area (Å²) in [6.45, 7) is -0.170. The van der Waals surface area contributed by atoms with E-state index >= 15 is 0 Å². The zero-order valence-electron chi connectivity index (χ0n) is 14.5. The second-order valence-electron chi connectivity index (χ2n) is 5.97. The molecular weight excluding hydrogens is 373 g/mol. The Morgan fingerprint density at radius 2 is 1.68 bits per heavy atom. The van der Waals surface area contributed by atoms with Gasteiger partial charge in [-0.1, -0.05) is 42.5 Å². The molecule has 0 saturated carbocycles. The van der Waals surface area contributed by atoms with Crippen LogP contribution >= 0.6 is 0 Å². The van der Waals surface area contributed by atoms with Crippen LogP contribution in [0.3, 0.4) is 0 Å². The fourth-order valence-corrected chi connectivity index (χ4v) is 2.49. The number of hydrogen-bond acceptors (Lipinski definition) is 4. The summed E-state index contributed by atoms with van der Waals surface area (Å²) in [6, 6.07) is 16.0. The highest BCUT2D eigenvalue weighted by atomic mass is 19.4. The number of hydrogen-bond donors (Lipinski definition) is 0. The van der Waals surface area contributed by atoms with Gasteiger partial charge in [0.2, 0.25) is 0 Å². The van der Waals surface area contributed by atoms with E-state index in [2.05, 4.69) is 5.10 Å². The molecule has 1 aromatic heterocycles. The standard InChI is InChI=1S/C20H15F3N2O3/c21-20(22,23)16-8-4-7-15(11-16)13-28-19(27)17-9-10-18(26)25(24-17)12-14-5-2-1-3-6-14/h1-11H,12-13H2. The molecular formula is C20H15F3N2O3. The molecule has 1 heterocycles. The zero-order valence-corrected chi connectivity index (χ0v) is 14.5. The Labute approximate surface area is 158 Å². The van der Waals surface area contributed by atoms with Crippen molar-refractivity contribution < 1.29 is 22.7 Å². The Morgan fingerprint density at radius 3 is 2.39 bits per heavy atom. The molecule has 0 spiro atoms. The molecule has 144 valence electrons. The topological polar surface area (TPSA) is 61.2 Å². The first-order chi connectivity index (χ1) is 13.3. The van der Waals surface area contributed by atoms with Crippen LogP contribution in [0.15, 0.2) is 71.5 Å². The lowest BCUT2D eigenvalue weighted by Crippen LogP contribution is -2.25. The highest BCUT2D eigenvalue weighted by Gasteiger charge is 2.30. The molecule has 8 heteroatoms. The van der Waals surface area contributed by atoms with Gasteiger partial charge in [0.1, 0.15) is 6.61 Å². The maximum atomic E-state index is 12.7. The Kier molecular flexibility index (Phi) is 5.58. The molecule has 2 aromatic carbocycles. The maximum absolute atomic E-state index is 12.7. The van der Waals surface area contributed by atoms with E-state index in [0.29, 0.717) is 0 Å². The maximum Gasteiger partial charge on any atom is 0.416 e. The third-order valence-electron chi connectivity index (χ3n) is 3.88. The van der Waals surface area contributed by atoms with Crippen molar-refractivity contribution in [2.75, 3.05) is 0 Å². The van der Waals surface area contributed by atoms with Gasteiger partial charge in [0.25, 0.3) is 5.56 Å². The summed E-state index contributed by atoms with van der Waals surface area (Å²) >= 11 is 0. The average Bonchev–Trinajstić information content (AvgIpc) is 2.68. The van der Waals surface area contributed by atoms with Gasteiger partial charge < -0.3 is 4.74 Å². The second-order valence-corrected chi connectivity index (χ2v) is 5.97. The Balaban J connectivity index is 1.71. The number of carbonyl (C=O) groups is 1. The Bertz CT molecular complexity index is 1030. The van der Waals surface area contributed by atoms with Crippen molar-refractivity contribution in [3.63, 3.8) is 0 Å². The van der Waals surface area contributed by atoms with Gasteiger partial charge in [-0.3, -0.25) is 4.79 Å². The molecule has 0 saturated heterocycles. The van der Waals surface area contributed by atoms with Gasteiger partial charge in [0, 0.05) is 6.07 Å². The van der Waals surface area contributed by atoms with Gasteiger partial charge in [-0.2, -0.15) is 18.3 Å². The fraction of sp³-hybridized carbons (Fsp3) is 0.150. The van der Waals surface area contributed by atoms with E-state index in [1.54, 1.807) is 0 Å². The quantitative estimate of drug-likeness (QED) is 0.626. The molecule has 0 atom stereocenters. The lowest BCUT2D eigenvalue weighted by molar-refractivity contribution is -0.137. The van der Waals surface area contributed by atoms with Crippen LogP contribution < -0.4 is 5.56 Å². The number of rotatable bonds is 5. The highest BCUT2D eigenvalue weighted by molar-refractivity contribution is 5.86. The van der Waals surface area contributed by atoms with Gasteiger partial charge >= 0.3 is 12.1 Å². The van der Waals surface area contributed by atoms with Crippen LogP contribution in [0.1, 0.15) is 27.2 Å². The Hall–Kier alpha value is -3.42. The fourth-order valence-electron chi connectivity index (χ4n) is 2.49. The number of nitrogens with zero attached hydrogens (tertiary/aromatic N) is 2. The summed E-state index contributed by atoms with van der Waals surface area (Å²) in [6.07, 6.45) is -4.48. The molecule has 0 fully saturated rings. The lowest BCUT2D eigenvalue weighted by atomic mass is 10.1. The first kappa shape index (κ1) is 19.3. The van der Waals surface area contributed by atoms with Gasteiger partial charge in [-0.05, 0) is 29.3 Å². The van der Waals surface area contributed by atoms with Gasteiger partial charge in [-0.15, -0.1) is 0 Å². The monoisotopic (exact) mass is 388 g/mol. The summed E-state index contributed by atoms with van der Waals surface area (Å²) in [5.41, 5.74) is -0.302. The van der Waals surface area contributed by atoms with Crippen LogP contribution in [0.4, 0.5) is 13.2 Å². The molecule has 0 aliphatic rings. The van der Waals surface area contributed by atoms with Crippen molar-refractivity contribution in [3.8, 4) is 0 Å². The number of ether oxygens (including phenoxy) is 1. The highest BCUT2D eigenvalue weighted by Crippen LogP contribution is 2.29. The third-order valence-corrected chi connectivity index (χ3v) is 3.88.